The topological polar surface area (TPSA) is 65.0 Å². The Hall–Kier alpha value is -3.47. The van der Waals surface area contributed by atoms with E-state index in [1.165, 1.54) is 23.6 Å². The van der Waals surface area contributed by atoms with Crippen LogP contribution in [0.5, 0.6) is 17.2 Å². The number of ether oxygens (including phenoxy) is 3. The number of benzene rings is 3. The summed E-state index contributed by atoms with van der Waals surface area (Å²) in [5.74, 6) is 1.11. The Morgan fingerprint density at radius 2 is 1.58 bits per heavy atom. The minimum atomic E-state index is -0.999. The average molecular weight is 449 g/mol. The molecule has 0 aromatic heterocycles. The van der Waals surface area contributed by atoms with Crippen LogP contribution in [0.3, 0.4) is 0 Å². The number of aryl methyl sites for hydroxylation is 1. The van der Waals surface area contributed by atoms with Gasteiger partial charge in [-0.2, -0.15) is 0 Å². The van der Waals surface area contributed by atoms with E-state index in [9.17, 15) is 4.79 Å². The Labute approximate surface area is 195 Å². The lowest BCUT2D eigenvalue weighted by molar-refractivity contribution is -0.144. The molecule has 0 aliphatic heterocycles. The molecule has 0 saturated carbocycles. The third-order valence-corrected chi connectivity index (χ3v) is 5.38. The molecule has 0 amide bonds. The van der Waals surface area contributed by atoms with E-state index in [0.29, 0.717) is 18.1 Å². The highest BCUT2D eigenvalue weighted by molar-refractivity contribution is 5.72. The van der Waals surface area contributed by atoms with Gasteiger partial charge in [0.05, 0.1) is 12.7 Å². The number of rotatable bonds is 12. The molecule has 1 N–H and O–H groups in total. The summed E-state index contributed by atoms with van der Waals surface area (Å²) in [5.41, 5.74) is 3.76. The first-order valence-corrected chi connectivity index (χ1v) is 11.4. The maximum Gasteiger partial charge on any atom is 0.344 e. The number of hydrogen-bond donors (Lipinski definition) is 1. The lowest BCUT2D eigenvalue weighted by Gasteiger charge is -2.19. The van der Waals surface area contributed by atoms with Crippen LogP contribution in [0.2, 0.25) is 0 Å². The average Bonchev–Trinajstić information content (AvgIpc) is 2.82. The predicted molar refractivity (Wildman–Crippen MR) is 129 cm³/mol. The lowest BCUT2D eigenvalue weighted by atomic mass is 10.0. The smallest absolute Gasteiger partial charge is 0.344 e. The first-order chi connectivity index (χ1) is 15.9. The Bertz CT molecular complexity index is 1010. The molecule has 0 saturated heterocycles. The molecular formula is C28H32O5. The number of hydrogen-bond acceptors (Lipinski definition) is 4. The molecule has 5 heteroatoms. The molecule has 2 unspecified atom stereocenters. The second-order valence-corrected chi connectivity index (χ2v) is 8.09. The molecule has 0 spiro atoms. The van der Waals surface area contributed by atoms with Gasteiger partial charge in [0.1, 0.15) is 17.2 Å². The van der Waals surface area contributed by atoms with Crippen LogP contribution >= 0.6 is 0 Å². The van der Waals surface area contributed by atoms with Crippen molar-refractivity contribution in [2.75, 3.05) is 6.61 Å². The highest BCUT2D eigenvalue weighted by Crippen LogP contribution is 2.26. The van der Waals surface area contributed by atoms with Crippen molar-refractivity contribution in [1.82, 2.24) is 0 Å². The zero-order valence-corrected chi connectivity index (χ0v) is 19.5. The van der Waals surface area contributed by atoms with Gasteiger partial charge >= 0.3 is 5.97 Å². The van der Waals surface area contributed by atoms with Gasteiger partial charge in [-0.15, -0.1) is 0 Å². The lowest BCUT2D eigenvalue weighted by Crippen LogP contribution is -2.22. The third kappa shape index (κ3) is 7.56. The van der Waals surface area contributed by atoms with Gasteiger partial charge in [0, 0.05) is 12.8 Å². The number of carboxylic acid groups (broad SMARTS) is 1. The largest absolute Gasteiger partial charge is 0.493 e. The number of aliphatic carboxylic acids is 1. The van der Waals surface area contributed by atoms with Crippen molar-refractivity contribution in [3.63, 3.8) is 0 Å². The van der Waals surface area contributed by atoms with Crippen LogP contribution in [0.4, 0.5) is 0 Å². The minimum absolute atomic E-state index is 0.00831. The minimum Gasteiger partial charge on any atom is -0.493 e. The number of carboxylic acids is 1. The van der Waals surface area contributed by atoms with Gasteiger partial charge < -0.3 is 19.3 Å². The van der Waals surface area contributed by atoms with E-state index >= 15 is 0 Å². The molecule has 0 aliphatic rings. The first-order valence-electron chi connectivity index (χ1n) is 11.4. The van der Waals surface area contributed by atoms with Crippen LogP contribution in [0.15, 0.2) is 72.8 Å². The molecule has 0 aliphatic carbocycles. The van der Waals surface area contributed by atoms with E-state index in [0.717, 1.165) is 25.0 Å². The Morgan fingerprint density at radius 3 is 2.24 bits per heavy atom. The van der Waals surface area contributed by atoms with E-state index < -0.39 is 12.1 Å². The quantitative estimate of drug-likeness (QED) is 0.372. The molecule has 3 aromatic rings. The van der Waals surface area contributed by atoms with E-state index in [1.807, 2.05) is 13.0 Å². The monoisotopic (exact) mass is 448 g/mol. The van der Waals surface area contributed by atoms with Crippen molar-refractivity contribution < 1.29 is 24.1 Å². The Morgan fingerprint density at radius 1 is 0.879 bits per heavy atom. The zero-order valence-electron chi connectivity index (χ0n) is 19.5. The van der Waals surface area contributed by atoms with Crippen molar-refractivity contribution in [1.29, 1.82) is 0 Å². The van der Waals surface area contributed by atoms with Gasteiger partial charge in [-0.3, -0.25) is 0 Å². The molecule has 33 heavy (non-hydrogen) atoms. The Balaban J connectivity index is 1.53. The summed E-state index contributed by atoms with van der Waals surface area (Å²) >= 11 is 0. The van der Waals surface area contributed by atoms with Gasteiger partial charge in [-0.25, -0.2) is 4.79 Å². The molecule has 5 nitrogen and oxygen atoms in total. The van der Waals surface area contributed by atoms with Crippen LogP contribution in [0.25, 0.3) is 0 Å². The molecule has 0 bridgehead atoms. The second kappa shape index (κ2) is 12.0. The summed E-state index contributed by atoms with van der Waals surface area (Å²) < 4.78 is 17.5. The van der Waals surface area contributed by atoms with E-state index in [1.54, 1.807) is 24.3 Å². The zero-order chi connectivity index (χ0) is 23.6. The van der Waals surface area contributed by atoms with Crippen LogP contribution < -0.4 is 14.2 Å². The van der Waals surface area contributed by atoms with Crippen LogP contribution in [0, 0.1) is 0 Å². The van der Waals surface area contributed by atoms with E-state index in [4.69, 9.17) is 19.3 Å². The Kier molecular flexibility index (Phi) is 8.76. The molecule has 3 rings (SSSR count). The molecule has 0 fully saturated rings. The summed E-state index contributed by atoms with van der Waals surface area (Å²) in [6.07, 6.45) is 1.65. The van der Waals surface area contributed by atoms with Crippen LogP contribution in [-0.4, -0.2) is 29.9 Å². The molecule has 0 radical (unpaired) electrons. The summed E-state index contributed by atoms with van der Waals surface area (Å²) in [4.78, 5) is 10.9. The van der Waals surface area contributed by atoms with Crippen molar-refractivity contribution >= 4 is 5.97 Å². The SMILES string of the molecule is CCc1ccc(OC(C)CCOc2ccc(OC(C)C(=O)O)cc2)c(Cc2ccccc2)c1. The fourth-order valence-corrected chi connectivity index (χ4v) is 3.41. The number of carbonyl (C=O) groups is 1. The summed E-state index contributed by atoms with van der Waals surface area (Å²) in [6, 6.07) is 23.8. The normalized spacial score (nSPS) is 12.6. The molecule has 0 heterocycles. The maximum atomic E-state index is 10.9. The summed E-state index contributed by atoms with van der Waals surface area (Å²) in [7, 11) is 0. The predicted octanol–water partition coefficient (Wildman–Crippen LogP) is 5.93. The fraction of sp³-hybridized carbons (Fsp3) is 0.321. The van der Waals surface area contributed by atoms with Crippen molar-refractivity contribution in [2.24, 2.45) is 0 Å². The summed E-state index contributed by atoms with van der Waals surface area (Å²) in [6.45, 7) is 6.21. The van der Waals surface area contributed by atoms with Gasteiger partial charge in [-0.05, 0) is 67.3 Å². The van der Waals surface area contributed by atoms with Gasteiger partial charge in [0.15, 0.2) is 6.10 Å². The fourth-order valence-electron chi connectivity index (χ4n) is 3.41. The highest BCUT2D eigenvalue weighted by atomic mass is 16.5. The standard InChI is InChI=1S/C28H32O5/c1-4-22-10-15-27(24(18-22)19-23-8-6-5-7-9-23)32-20(2)16-17-31-25-11-13-26(14-12-25)33-21(3)28(29)30/h5-15,18,20-21H,4,16-17,19H2,1-3H3,(H,29,30). The second-order valence-electron chi connectivity index (χ2n) is 8.09. The van der Waals surface area contributed by atoms with Gasteiger partial charge in [0.2, 0.25) is 0 Å². The van der Waals surface area contributed by atoms with E-state index in [-0.39, 0.29) is 6.10 Å². The highest BCUT2D eigenvalue weighted by Gasteiger charge is 2.13. The molecule has 174 valence electrons. The van der Waals surface area contributed by atoms with E-state index in [2.05, 4.69) is 49.4 Å². The van der Waals surface area contributed by atoms with Crippen LogP contribution in [-0.2, 0) is 17.6 Å². The van der Waals surface area contributed by atoms with Crippen molar-refractivity contribution in [3.8, 4) is 17.2 Å². The van der Waals surface area contributed by atoms with Gasteiger partial charge in [0.25, 0.3) is 0 Å². The van der Waals surface area contributed by atoms with Crippen molar-refractivity contribution in [2.45, 2.75) is 52.2 Å². The van der Waals surface area contributed by atoms with Crippen molar-refractivity contribution in [3.05, 3.63) is 89.5 Å². The molecule has 3 aromatic carbocycles. The van der Waals surface area contributed by atoms with Crippen LogP contribution in [0.1, 0.15) is 43.9 Å². The summed E-state index contributed by atoms with van der Waals surface area (Å²) in [5, 5.41) is 8.93. The maximum absolute atomic E-state index is 10.9. The molecular weight excluding hydrogens is 416 g/mol. The third-order valence-electron chi connectivity index (χ3n) is 5.38. The van der Waals surface area contributed by atoms with Gasteiger partial charge in [-0.1, -0.05) is 49.4 Å². The molecule has 2 atom stereocenters. The first kappa shape index (κ1) is 24.2.